The number of aromatic nitrogens is 2. The van der Waals surface area contributed by atoms with E-state index >= 15 is 0 Å². The molecule has 0 unspecified atom stereocenters. The Kier molecular flexibility index (Phi) is 7.86. The van der Waals surface area contributed by atoms with Crippen molar-refractivity contribution in [2.45, 2.75) is 32.4 Å². The second-order valence-electron chi connectivity index (χ2n) is 9.43. The van der Waals surface area contributed by atoms with E-state index in [1.54, 1.807) is 13.3 Å². The van der Waals surface area contributed by atoms with Crippen molar-refractivity contribution in [3.63, 3.8) is 0 Å². The van der Waals surface area contributed by atoms with E-state index in [1.165, 1.54) is 0 Å². The third-order valence-electron chi connectivity index (χ3n) is 7.04. The van der Waals surface area contributed by atoms with E-state index in [2.05, 4.69) is 45.0 Å². The molecular weight excluding hydrogens is 530 g/mol. The number of carbonyl (C=O) groups excluding carboxylic acids is 1. The molecule has 0 spiro atoms. The van der Waals surface area contributed by atoms with Crippen molar-refractivity contribution in [2.75, 3.05) is 19.0 Å². The summed E-state index contributed by atoms with van der Waals surface area (Å²) < 4.78 is 7.54. The first-order valence-corrected chi connectivity index (χ1v) is 13.5. The van der Waals surface area contributed by atoms with Crippen molar-refractivity contribution >= 4 is 40.5 Å². The second kappa shape index (κ2) is 11.5. The smallest absolute Gasteiger partial charge is 0.226 e. The van der Waals surface area contributed by atoms with E-state index in [0.717, 1.165) is 28.3 Å². The average Bonchev–Trinajstić information content (AvgIpc) is 3.42. The van der Waals surface area contributed by atoms with Crippen molar-refractivity contribution in [3.05, 3.63) is 107 Å². The van der Waals surface area contributed by atoms with Gasteiger partial charge < -0.3 is 24.8 Å². The number of halogens is 1. The molecule has 2 N–H and O–H groups in total. The van der Waals surface area contributed by atoms with Gasteiger partial charge in [0.25, 0.3) is 0 Å². The lowest BCUT2D eigenvalue weighted by atomic mass is 9.96. The molecular formula is C30H30ClN5O2S. The van der Waals surface area contributed by atoms with E-state index in [-0.39, 0.29) is 24.4 Å². The highest BCUT2D eigenvalue weighted by Crippen LogP contribution is 2.42. The van der Waals surface area contributed by atoms with Crippen molar-refractivity contribution in [1.82, 2.24) is 19.8 Å². The molecule has 0 saturated carbocycles. The fourth-order valence-corrected chi connectivity index (χ4v) is 5.81. The zero-order valence-electron chi connectivity index (χ0n) is 22.0. The Balaban J connectivity index is 1.47. The van der Waals surface area contributed by atoms with Crippen LogP contribution in [0.5, 0.6) is 5.75 Å². The predicted molar refractivity (Wildman–Crippen MR) is 159 cm³/mol. The maximum atomic E-state index is 13.0. The predicted octanol–water partition coefficient (Wildman–Crippen LogP) is 6.15. The van der Waals surface area contributed by atoms with Gasteiger partial charge in [-0.05, 0) is 74.1 Å². The summed E-state index contributed by atoms with van der Waals surface area (Å²) in [5.74, 6) is 0.494. The number of methoxy groups -OCH3 is 1. The van der Waals surface area contributed by atoms with Gasteiger partial charge in [-0.15, -0.1) is 0 Å². The summed E-state index contributed by atoms with van der Waals surface area (Å²) in [7, 11) is 1.58. The van der Waals surface area contributed by atoms with E-state index in [4.69, 9.17) is 28.6 Å². The van der Waals surface area contributed by atoms with Crippen LogP contribution < -0.4 is 15.4 Å². The van der Waals surface area contributed by atoms with Crippen LogP contribution in [0.15, 0.2) is 79.0 Å². The summed E-state index contributed by atoms with van der Waals surface area (Å²) in [5.41, 5.74) is 5.65. The number of benzene rings is 2. The zero-order valence-corrected chi connectivity index (χ0v) is 23.6. The molecule has 2 aromatic heterocycles. The number of para-hydroxylation sites is 3. The largest absolute Gasteiger partial charge is 0.495 e. The van der Waals surface area contributed by atoms with Gasteiger partial charge in [-0.1, -0.05) is 41.9 Å². The van der Waals surface area contributed by atoms with Gasteiger partial charge in [0.1, 0.15) is 5.75 Å². The summed E-state index contributed by atoms with van der Waals surface area (Å²) >= 11 is 12.4. The lowest BCUT2D eigenvalue weighted by Crippen LogP contribution is -2.33. The number of hydrogen-bond acceptors (Lipinski definition) is 4. The lowest BCUT2D eigenvalue weighted by Gasteiger charge is -2.28. The standard InChI is InChI=1S/C30H30ClN5O2S/c1-19-18-21(20(2)36(19)25-13-6-4-10-22(25)31)29-28(24-12-8-9-16-32-24)34-30(39)35(29)17-15-27(37)33-23-11-5-7-14-26(23)38-3/h4-14,16,18,28-29H,15,17H2,1-3H3,(H,33,37)(H,34,39)/t28-,29+/m1/s1. The van der Waals surface area contributed by atoms with Crippen molar-refractivity contribution in [3.8, 4) is 11.4 Å². The highest BCUT2D eigenvalue weighted by molar-refractivity contribution is 7.80. The third kappa shape index (κ3) is 5.35. The van der Waals surface area contributed by atoms with Gasteiger partial charge in [0.05, 0.1) is 41.3 Å². The number of anilines is 1. The minimum Gasteiger partial charge on any atom is -0.495 e. The van der Waals surface area contributed by atoms with Crippen molar-refractivity contribution < 1.29 is 9.53 Å². The number of thiocarbonyl (C=S) groups is 1. The first-order valence-electron chi connectivity index (χ1n) is 12.7. The van der Waals surface area contributed by atoms with Gasteiger partial charge >= 0.3 is 0 Å². The van der Waals surface area contributed by atoms with Gasteiger partial charge in [-0.25, -0.2) is 0 Å². The van der Waals surface area contributed by atoms with Crippen LogP contribution in [0.2, 0.25) is 5.02 Å². The van der Waals surface area contributed by atoms with Crippen LogP contribution in [0.3, 0.4) is 0 Å². The number of nitrogens with zero attached hydrogens (tertiary/aromatic N) is 3. The van der Waals surface area contributed by atoms with E-state index < -0.39 is 0 Å². The molecule has 0 aliphatic carbocycles. The molecule has 1 amide bonds. The van der Waals surface area contributed by atoms with E-state index in [0.29, 0.717) is 28.1 Å². The number of ether oxygens (including phenoxy) is 1. The molecule has 7 nitrogen and oxygen atoms in total. The number of hydrogen-bond donors (Lipinski definition) is 2. The molecule has 3 heterocycles. The van der Waals surface area contributed by atoms with Gasteiger partial charge in [0.15, 0.2) is 5.11 Å². The maximum Gasteiger partial charge on any atom is 0.226 e. The summed E-state index contributed by atoms with van der Waals surface area (Å²) in [5, 5.41) is 7.70. The first kappa shape index (κ1) is 26.7. The molecule has 2 atom stereocenters. The highest BCUT2D eigenvalue weighted by atomic mass is 35.5. The Hall–Kier alpha value is -3.88. The van der Waals surface area contributed by atoms with Gasteiger partial charge in [0, 0.05) is 30.6 Å². The summed E-state index contributed by atoms with van der Waals surface area (Å²) in [6.45, 7) is 4.59. The molecule has 4 aromatic rings. The number of aryl methyl sites for hydroxylation is 1. The number of amides is 1. The Bertz CT molecular complexity index is 1510. The van der Waals surface area contributed by atoms with Crippen molar-refractivity contribution in [1.29, 1.82) is 0 Å². The van der Waals surface area contributed by atoms with E-state index in [1.807, 2.05) is 66.7 Å². The molecule has 1 fully saturated rings. The topological polar surface area (TPSA) is 71.4 Å². The Morgan fingerprint density at radius 1 is 1.10 bits per heavy atom. The second-order valence-corrected chi connectivity index (χ2v) is 10.2. The Morgan fingerprint density at radius 2 is 1.85 bits per heavy atom. The molecule has 2 aromatic carbocycles. The number of rotatable bonds is 8. The summed E-state index contributed by atoms with van der Waals surface area (Å²) in [6.07, 6.45) is 2.03. The van der Waals surface area contributed by atoms with Gasteiger partial charge in [0.2, 0.25) is 5.91 Å². The number of pyridine rings is 1. The summed E-state index contributed by atoms with van der Waals surface area (Å²) in [6, 6.07) is 22.9. The molecule has 1 aliphatic rings. The first-order chi connectivity index (χ1) is 18.9. The van der Waals surface area contributed by atoms with Crippen molar-refractivity contribution in [2.24, 2.45) is 0 Å². The molecule has 200 valence electrons. The van der Waals surface area contributed by atoms with Gasteiger partial charge in [-0.2, -0.15) is 0 Å². The number of nitrogens with one attached hydrogen (secondary N) is 2. The minimum atomic E-state index is -0.184. The molecule has 39 heavy (non-hydrogen) atoms. The Labute approximate surface area is 238 Å². The quantitative estimate of drug-likeness (QED) is 0.252. The van der Waals surface area contributed by atoms with Gasteiger partial charge in [-0.3, -0.25) is 9.78 Å². The van der Waals surface area contributed by atoms with Crippen LogP contribution in [0, 0.1) is 13.8 Å². The fraction of sp³-hybridized carbons (Fsp3) is 0.233. The lowest BCUT2D eigenvalue weighted by molar-refractivity contribution is -0.116. The van der Waals surface area contributed by atoms with Crippen LogP contribution in [0.25, 0.3) is 5.69 Å². The monoisotopic (exact) mass is 559 g/mol. The molecule has 9 heteroatoms. The Morgan fingerprint density at radius 3 is 2.59 bits per heavy atom. The molecule has 5 rings (SSSR count). The fourth-order valence-electron chi connectivity index (χ4n) is 5.26. The van der Waals surface area contributed by atoms with Crippen LogP contribution >= 0.6 is 23.8 Å². The third-order valence-corrected chi connectivity index (χ3v) is 7.71. The summed E-state index contributed by atoms with van der Waals surface area (Å²) in [4.78, 5) is 19.7. The minimum absolute atomic E-state index is 0.121. The maximum absolute atomic E-state index is 13.0. The van der Waals surface area contributed by atoms with E-state index in [9.17, 15) is 4.79 Å². The molecule has 1 aliphatic heterocycles. The van der Waals surface area contributed by atoms with Crippen LogP contribution in [-0.4, -0.2) is 39.1 Å². The SMILES string of the molecule is COc1ccccc1NC(=O)CCN1C(=S)N[C@H](c2ccccn2)[C@@H]1c1cc(C)n(-c2ccccc2Cl)c1C. The van der Waals surface area contributed by atoms with Crippen LogP contribution in [0.1, 0.15) is 41.1 Å². The molecule has 0 bridgehead atoms. The highest BCUT2D eigenvalue weighted by Gasteiger charge is 2.41. The number of carbonyl (C=O) groups is 1. The molecule has 0 radical (unpaired) electrons. The normalized spacial score (nSPS) is 16.7. The molecule has 1 saturated heterocycles. The van der Waals surface area contributed by atoms with Crippen LogP contribution in [0.4, 0.5) is 5.69 Å². The van der Waals surface area contributed by atoms with Crippen LogP contribution in [-0.2, 0) is 4.79 Å². The zero-order chi connectivity index (χ0) is 27.5. The average molecular weight is 560 g/mol.